The number of benzene rings is 2. The summed E-state index contributed by atoms with van der Waals surface area (Å²) in [5, 5.41) is 7.65. The van der Waals surface area contributed by atoms with Crippen LogP contribution >= 0.6 is 11.3 Å². The molecule has 0 radical (unpaired) electrons. The Morgan fingerprint density at radius 3 is 2.19 bits per heavy atom. The van der Waals surface area contributed by atoms with Crippen molar-refractivity contribution >= 4 is 34.5 Å². The quantitative estimate of drug-likeness (QED) is 0.675. The molecule has 132 valence electrons. The summed E-state index contributed by atoms with van der Waals surface area (Å²) in [4.78, 5) is 25.6. The summed E-state index contributed by atoms with van der Waals surface area (Å²) in [7, 11) is 0. The van der Waals surface area contributed by atoms with E-state index in [0.29, 0.717) is 16.3 Å². The molecule has 2 amide bonds. The lowest BCUT2D eigenvalue weighted by Gasteiger charge is -2.24. The molecule has 5 heteroatoms. The average molecular weight is 364 g/mol. The van der Waals surface area contributed by atoms with Gasteiger partial charge >= 0.3 is 0 Å². The number of rotatable bonds is 5. The van der Waals surface area contributed by atoms with Crippen LogP contribution in [0.3, 0.4) is 0 Å². The Morgan fingerprint density at radius 1 is 0.846 bits per heavy atom. The minimum absolute atomic E-state index is 0.106. The molecular weight excluding hydrogens is 344 g/mol. The van der Waals surface area contributed by atoms with Gasteiger partial charge in [0, 0.05) is 11.4 Å². The largest absolute Gasteiger partial charge is 0.325 e. The molecule has 2 N–H and O–H groups in total. The van der Waals surface area contributed by atoms with Crippen molar-refractivity contribution in [2.45, 2.75) is 19.3 Å². The summed E-state index contributed by atoms with van der Waals surface area (Å²) in [6.45, 7) is 3.78. The van der Waals surface area contributed by atoms with Gasteiger partial charge in [-0.25, -0.2) is 0 Å². The molecule has 1 heterocycles. The van der Waals surface area contributed by atoms with Crippen molar-refractivity contribution in [1.82, 2.24) is 0 Å². The van der Waals surface area contributed by atoms with Gasteiger partial charge in [-0.05, 0) is 49.1 Å². The molecule has 0 atom stereocenters. The predicted molar refractivity (Wildman–Crippen MR) is 107 cm³/mol. The van der Waals surface area contributed by atoms with Crippen molar-refractivity contribution in [3.05, 3.63) is 82.6 Å². The van der Waals surface area contributed by atoms with E-state index in [0.717, 1.165) is 5.56 Å². The van der Waals surface area contributed by atoms with Gasteiger partial charge in [0.25, 0.3) is 5.91 Å². The van der Waals surface area contributed by atoms with Gasteiger partial charge < -0.3 is 10.6 Å². The Kier molecular flexibility index (Phi) is 5.19. The molecular formula is C21H20N2O2S. The topological polar surface area (TPSA) is 58.2 Å². The maximum Gasteiger partial charge on any atom is 0.265 e. The summed E-state index contributed by atoms with van der Waals surface area (Å²) >= 11 is 1.38. The van der Waals surface area contributed by atoms with Crippen LogP contribution in [0.1, 0.15) is 29.1 Å². The van der Waals surface area contributed by atoms with E-state index in [2.05, 4.69) is 10.6 Å². The smallest absolute Gasteiger partial charge is 0.265 e. The van der Waals surface area contributed by atoms with Crippen LogP contribution in [0.5, 0.6) is 0 Å². The van der Waals surface area contributed by atoms with E-state index >= 15 is 0 Å². The molecule has 0 aliphatic rings. The summed E-state index contributed by atoms with van der Waals surface area (Å²) < 4.78 is 0. The van der Waals surface area contributed by atoms with Crippen LogP contribution in [0.4, 0.5) is 11.4 Å². The van der Waals surface area contributed by atoms with Crippen LogP contribution in [0.25, 0.3) is 0 Å². The summed E-state index contributed by atoms with van der Waals surface area (Å²) in [5.74, 6) is -0.265. The fourth-order valence-corrected chi connectivity index (χ4v) is 3.17. The normalized spacial score (nSPS) is 11.0. The molecule has 0 spiro atoms. The van der Waals surface area contributed by atoms with E-state index in [-0.39, 0.29) is 11.8 Å². The number of amides is 2. The maximum atomic E-state index is 12.8. The second-order valence-electron chi connectivity index (χ2n) is 6.46. The molecule has 2 aromatic carbocycles. The van der Waals surface area contributed by atoms with Crippen LogP contribution in [0, 0.1) is 0 Å². The highest BCUT2D eigenvalue weighted by atomic mass is 32.1. The fourth-order valence-electron chi connectivity index (χ4n) is 2.55. The van der Waals surface area contributed by atoms with Crippen molar-refractivity contribution in [3.63, 3.8) is 0 Å². The van der Waals surface area contributed by atoms with Gasteiger partial charge in [0.2, 0.25) is 5.91 Å². The van der Waals surface area contributed by atoms with Gasteiger partial charge in [0.1, 0.15) is 0 Å². The minimum atomic E-state index is -0.669. The number of carbonyl (C=O) groups is 2. The van der Waals surface area contributed by atoms with Gasteiger partial charge in [-0.1, -0.05) is 42.5 Å². The van der Waals surface area contributed by atoms with E-state index in [1.807, 2.05) is 55.6 Å². The molecule has 4 nitrogen and oxygen atoms in total. The lowest BCUT2D eigenvalue weighted by atomic mass is 9.83. The van der Waals surface area contributed by atoms with E-state index in [9.17, 15) is 9.59 Å². The fraction of sp³-hybridized carbons (Fsp3) is 0.143. The van der Waals surface area contributed by atoms with Gasteiger partial charge in [-0.3, -0.25) is 9.59 Å². The SMILES string of the molecule is CC(C)(C(=O)Nc1cccc(NC(=O)c2cccs2)c1)c1ccccc1. The number of nitrogens with one attached hydrogen (secondary N) is 2. The first-order valence-corrected chi connectivity index (χ1v) is 9.17. The third-order valence-corrected chi connectivity index (χ3v) is 5.06. The molecule has 0 aliphatic heterocycles. The highest BCUT2D eigenvalue weighted by Gasteiger charge is 2.29. The second-order valence-corrected chi connectivity index (χ2v) is 7.41. The number of hydrogen-bond acceptors (Lipinski definition) is 3. The lowest BCUT2D eigenvalue weighted by Crippen LogP contribution is -2.34. The average Bonchev–Trinajstić information content (AvgIpc) is 3.17. The first-order chi connectivity index (χ1) is 12.5. The van der Waals surface area contributed by atoms with Crippen molar-refractivity contribution in [2.24, 2.45) is 0 Å². The monoisotopic (exact) mass is 364 g/mol. The summed E-state index contributed by atoms with van der Waals surface area (Å²) in [6.07, 6.45) is 0. The number of thiophene rings is 1. The molecule has 0 aliphatic carbocycles. The van der Waals surface area contributed by atoms with Crippen LogP contribution in [-0.2, 0) is 10.2 Å². The highest BCUT2D eigenvalue weighted by molar-refractivity contribution is 7.12. The molecule has 0 bridgehead atoms. The van der Waals surface area contributed by atoms with Crippen molar-refractivity contribution in [3.8, 4) is 0 Å². The molecule has 0 saturated carbocycles. The maximum absolute atomic E-state index is 12.8. The van der Waals surface area contributed by atoms with Crippen LogP contribution < -0.4 is 10.6 Å². The van der Waals surface area contributed by atoms with Gasteiger partial charge in [-0.15, -0.1) is 11.3 Å². The summed E-state index contributed by atoms with van der Waals surface area (Å²) in [6, 6.07) is 20.4. The molecule has 3 aromatic rings. The Bertz CT molecular complexity index is 903. The van der Waals surface area contributed by atoms with E-state index in [1.54, 1.807) is 30.3 Å². The van der Waals surface area contributed by atoms with Gasteiger partial charge in [-0.2, -0.15) is 0 Å². The zero-order chi connectivity index (χ0) is 18.6. The van der Waals surface area contributed by atoms with E-state index < -0.39 is 5.41 Å². The first-order valence-electron chi connectivity index (χ1n) is 8.29. The predicted octanol–water partition coefficient (Wildman–Crippen LogP) is 4.92. The zero-order valence-electron chi connectivity index (χ0n) is 14.7. The summed E-state index contributed by atoms with van der Waals surface area (Å²) in [5.41, 5.74) is 1.55. The first kappa shape index (κ1) is 17.9. The standard InChI is InChI=1S/C21H20N2O2S/c1-21(2,15-8-4-3-5-9-15)20(25)23-17-11-6-10-16(14-17)22-19(24)18-12-7-13-26-18/h3-14H,1-2H3,(H,22,24)(H,23,25). The molecule has 1 aromatic heterocycles. The van der Waals surface area contributed by atoms with Crippen LogP contribution in [0.2, 0.25) is 0 Å². The third-order valence-electron chi connectivity index (χ3n) is 4.19. The minimum Gasteiger partial charge on any atom is -0.325 e. The third kappa shape index (κ3) is 4.00. The van der Waals surface area contributed by atoms with Gasteiger partial charge in [0.15, 0.2) is 0 Å². The van der Waals surface area contributed by atoms with Crippen molar-refractivity contribution in [1.29, 1.82) is 0 Å². The Hall–Kier alpha value is -2.92. The van der Waals surface area contributed by atoms with Crippen LogP contribution in [0.15, 0.2) is 72.1 Å². The van der Waals surface area contributed by atoms with E-state index in [4.69, 9.17) is 0 Å². The number of carbonyl (C=O) groups excluding carboxylic acids is 2. The lowest BCUT2D eigenvalue weighted by molar-refractivity contribution is -0.120. The Labute approximate surface area is 156 Å². The zero-order valence-corrected chi connectivity index (χ0v) is 15.5. The van der Waals surface area contributed by atoms with Crippen molar-refractivity contribution < 1.29 is 9.59 Å². The number of hydrogen-bond donors (Lipinski definition) is 2. The highest BCUT2D eigenvalue weighted by Crippen LogP contribution is 2.26. The van der Waals surface area contributed by atoms with Crippen molar-refractivity contribution in [2.75, 3.05) is 10.6 Å². The van der Waals surface area contributed by atoms with Gasteiger partial charge in [0.05, 0.1) is 10.3 Å². The second kappa shape index (κ2) is 7.54. The molecule has 0 saturated heterocycles. The molecule has 26 heavy (non-hydrogen) atoms. The molecule has 0 fully saturated rings. The Morgan fingerprint density at radius 2 is 1.54 bits per heavy atom. The molecule has 0 unspecified atom stereocenters. The molecule has 3 rings (SSSR count). The van der Waals surface area contributed by atoms with Crippen LogP contribution in [-0.4, -0.2) is 11.8 Å². The number of anilines is 2. The van der Waals surface area contributed by atoms with E-state index in [1.165, 1.54) is 11.3 Å². The Balaban J connectivity index is 1.72.